The van der Waals surface area contributed by atoms with Crippen molar-refractivity contribution in [2.45, 2.75) is 30.5 Å². The van der Waals surface area contributed by atoms with E-state index >= 15 is 0 Å². The molecule has 1 saturated heterocycles. The Labute approximate surface area is 86.4 Å². The van der Waals surface area contributed by atoms with Crippen molar-refractivity contribution in [1.82, 2.24) is 0 Å². The summed E-state index contributed by atoms with van der Waals surface area (Å²) < 4.78 is 9.26. The van der Waals surface area contributed by atoms with E-state index in [1.807, 2.05) is 0 Å². The van der Waals surface area contributed by atoms with E-state index in [9.17, 15) is 20.1 Å². The fraction of sp³-hybridized carbons (Fsp3) is 0.667. The van der Waals surface area contributed by atoms with Crippen LogP contribution in [0.2, 0.25) is 0 Å². The molecule has 0 bridgehead atoms. The van der Waals surface area contributed by atoms with Crippen LogP contribution in [0.4, 0.5) is 0 Å². The van der Waals surface area contributed by atoms with E-state index < -0.39 is 36.5 Å². The lowest BCUT2D eigenvalue weighted by Crippen LogP contribution is -2.59. The van der Waals surface area contributed by atoms with Crippen LogP contribution in [-0.2, 0) is 14.3 Å². The van der Waals surface area contributed by atoms with Crippen molar-refractivity contribution in [2.75, 3.05) is 7.11 Å². The maximum absolute atomic E-state index is 11.1. The lowest BCUT2D eigenvalue weighted by molar-refractivity contribution is -0.217. The second-order valence-corrected chi connectivity index (χ2v) is 3.14. The van der Waals surface area contributed by atoms with Gasteiger partial charge in [0.2, 0.25) is 0 Å². The summed E-state index contributed by atoms with van der Waals surface area (Å²) in [5.41, 5.74) is 0. The number of methoxy groups -OCH3 is 1. The molecule has 0 aromatic heterocycles. The first kappa shape index (κ1) is 11.9. The van der Waals surface area contributed by atoms with Gasteiger partial charge >= 0.3 is 5.97 Å². The van der Waals surface area contributed by atoms with Crippen LogP contribution in [0.1, 0.15) is 0 Å². The van der Waals surface area contributed by atoms with Gasteiger partial charge in [-0.1, -0.05) is 5.92 Å². The molecular formula is C9H12O6. The molecule has 1 aliphatic heterocycles. The molecule has 0 saturated carbocycles. The summed E-state index contributed by atoms with van der Waals surface area (Å²) in [6, 6.07) is 0. The zero-order chi connectivity index (χ0) is 11.6. The molecule has 3 N–H and O–H groups in total. The van der Waals surface area contributed by atoms with E-state index in [0.29, 0.717) is 0 Å². The molecule has 6 nitrogen and oxygen atoms in total. The Balaban J connectivity index is 2.84. The molecule has 1 heterocycles. The third-order valence-electron chi connectivity index (χ3n) is 2.21. The lowest BCUT2D eigenvalue weighted by atomic mass is 9.95. The van der Waals surface area contributed by atoms with Crippen LogP contribution in [-0.4, -0.2) is 58.9 Å². The van der Waals surface area contributed by atoms with Gasteiger partial charge in [0.25, 0.3) is 0 Å². The number of carbonyl (C=O) groups is 1. The van der Waals surface area contributed by atoms with E-state index in [0.717, 1.165) is 7.11 Å². The van der Waals surface area contributed by atoms with E-state index in [-0.39, 0.29) is 0 Å². The first-order valence-corrected chi connectivity index (χ1v) is 4.26. The fourth-order valence-corrected chi connectivity index (χ4v) is 1.33. The third-order valence-corrected chi connectivity index (χ3v) is 2.21. The topological polar surface area (TPSA) is 96.2 Å². The summed E-state index contributed by atoms with van der Waals surface area (Å²) in [6.07, 6.45) is -2.02. The summed E-state index contributed by atoms with van der Waals surface area (Å²) in [4.78, 5) is 11.1. The highest BCUT2D eigenvalue weighted by molar-refractivity contribution is 5.75. The molecule has 0 aromatic carbocycles. The van der Waals surface area contributed by atoms with Crippen molar-refractivity contribution in [3.05, 3.63) is 0 Å². The number of esters is 1. The van der Waals surface area contributed by atoms with Crippen molar-refractivity contribution in [3.8, 4) is 12.3 Å². The molecule has 15 heavy (non-hydrogen) atoms. The molecule has 84 valence electrons. The molecule has 1 unspecified atom stereocenters. The van der Waals surface area contributed by atoms with Crippen LogP contribution in [0.25, 0.3) is 0 Å². The van der Waals surface area contributed by atoms with Crippen LogP contribution in [0, 0.1) is 12.3 Å². The summed E-state index contributed by atoms with van der Waals surface area (Å²) in [5, 5.41) is 28.1. The van der Waals surface area contributed by atoms with Gasteiger partial charge < -0.3 is 24.8 Å². The van der Waals surface area contributed by atoms with Crippen molar-refractivity contribution in [3.63, 3.8) is 0 Å². The fourth-order valence-electron chi connectivity index (χ4n) is 1.33. The minimum atomic E-state index is -1.56. The molecule has 1 aliphatic rings. The van der Waals surface area contributed by atoms with Crippen molar-refractivity contribution in [1.29, 1.82) is 0 Å². The number of carbonyl (C=O) groups excluding carboxylic acids is 1. The van der Waals surface area contributed by atoms with Crippen molar-refractivity contribution < 1.29 is 29.6 Å². The number of rotatable bonds is 1. The molecule has 0 radical (unpaired) electrons. The summed E-state index contributed by atoms with van der Waals surface area (Å²) in [6.45, 7) is 0. The minimum absolute atomic E-state index is 0.853. The highest BCUT2D eigenvalue weighted by atomic mass is 16.6. The summed E-state index contributed by atoms with van der Waals surface area (Å²) >= 11 is 0. The second kappa shape index (κ2) is 4.59. The highest BCUT2D eigenvalue weighted by Crippen LogP contribution is 2.21. The molecule has 0 amide bonds. The Morgan fingerprint density at radius 2 is 1.93 bits per heavy atom. The maximum atomic E-state index is 11.1. The van der Waals surface area contributed by atoms with Crippen LogP contribution >= 0.6 is 0 Å². The molecule has 5 atom stereocenters. The lowest BCUT2D eigenvalue weighted by Gasteiger charge is -2.37. The number of aliphatic hydroxyl groups excluding tert-OH is 3. The predicted molar refractivity (Wildman–Crippen MR) is 47.5 cm³/mol. The molecule has 0 spiro atoms. The van der Waals surface area contributed by atoms with Crippen molar-refractivity contribution >= 4 is 5.97 Å². The maximum Gasteiger partial charge on any atom is 0.337 e. The van der Waals surface area contributed by atoms with Gasteiger partial charge in [-0.25, -0.2) is 4.79 Å². The number of hydrogen-bond acceptors (Lipinski definition) is 6. The molecule has 1 rings (SSSR count). The Hall–Kier alpha value is -1.13. The summed E-state index contributed by atoms with van der Waals surface area (Å²) in [5.74, 6) is 1.21. The van der Waals surface area contributed by atoms with Crippen LogP contribution < -0.4 is 0 Å². The zero-order valence-corrected chi connectivity index (χ0v) is 8.03. The Morgan fingerprint density at radius 1 is 1.33 bits per heavy atom. The molecule has 1 fully saturated rings. The van der Waals surface area contributed by atoms with E-state index in [1.165, 1.54) is 0 Å². The predicted octanol–water partition coefficient (Wildman–Crippen LogP) is -2.36. The Kier molecular flexibility index (Phi) is 3.66. The largest absolute Gasteiger partial charge is 0.467 e. The summed E-state index contributed by atoms with van der Waals surface area (Å²) in [7, 11) is 1.11. The Bertz CT molecular complexity index is 283. The monoisotopic (exact) mass is 216 g/mol. The molecule has 0 aliphatic carbocycles. The van der Waals surface area contributed by atoms with Gasteiger partial charge in [-0.15, -0.1) is 6.42 Å². The number of terminal acetylenes is 1. The number of hydrogen-bond donors (Lipinski definition) is 3. The third kappa shape index (κ3) is 2.11. The van der Waals surface area contributed by atoms with Crippen LogP contribution in [0.5, 0.6) is 0 Å². The van der Waals surface area contributed by atoms with Gasteiger partial charge in [0.1, 0.15) is 24.4 Å². The van der Waals surface area contributed by atoms with Gasteiger partial charge in [-0.05, 0) is 0 Å². The quantitative estimate of drug-likeness (QED) is 0.335. The van der Waals surface area contributed by atoms with Crippen LogP contribution in [0.3, 0.4) is 0 Å². The number of aliphatic hydroxyl groups is 3. The second-order valence-electron chi connectivity index (χ2n) is 3.14. The molecule has 6 heteroatoms. The first-order valence-electron chi connectivity index (χ1n) is 4.26. The molecule has 0 aromatic rings. The minimum Gasteiger partial charge on any atom is -0.467 e. The van der Waals surface area contributed by atoms with Gasteiger partial charge in [-0.3, -0.25) is 0 Å². The standard InChI is InChI=1S/C9H12O6/c1-3-4-5(10)6(11)7(12)8(15-4)9(13)14-2/h1,4-8,10-12H,2H3/t4?,5-,6+,7-,8-/m0/s1. The number of ether oxygens (including phenoxy) is 2. The van der Waals surface area contributed by atoms with Crippen LogP contribution in [0.15, 0.2) is 0 Å². The highest BCUT2D eigenvalue weighted by Gasteiger charge is 2.46. The first-order chi connectivity index (χ1) is 7.02. The van der Waals surface area contributed by atoms with Gasteiger partial charge in [0.05, 0.1) is 7.11 Å². The zero-order valence-electron chi connectivity index (χ0n) is 8.03. The Morgan fingerprint density at radius 3 is 2.40 bits per heavy atom. The van der Waals surface area contributed by atoms with Crippen molar-refractivity contribution in [2.24, 2.45) is 0 Å². The molecular weight excluding hydrogens is 204 g/mol. The van der Waals surface area contributed by atoms with E-state index in [2.05, 4.69) is 10.7 Å². The van der Waals surface area contributed by atoms with E-state index in [4.69, 9.17) is 11.2 Å². The van der Waals surface area contributed by atoms with E-state index in [1.54, 1.807) is 0 Å². The smallest absolute Gasteiger partial charge is 0.337 e. The van der Waals surface area contributed by atoms with Gasteiger partial charge in [-0.2, -0.15) is 0 Å². The van der Waals surface area contributed by atoms with Gasteiger partial charge in [0, 0.05) is 0 Å². The normalized spacial score (nSPS) is 40.6. The average molecular weight is 216 g/mol. The van der Waals surface area contributed by atoms with Gasteiger partial charge in [0.15, 0.2) is 6.10 Å². The SMILES string of the molecule is C#CC1O[C@H](C(=O)OC)[C@@H](O)[C@H](O)[C@H]1O. The average Bonchev–Trinajstić information content (AvgIpc) is 2.25.